The van der Waals surface area contributed by atoms with Gasteiger partial charge in [-0.2, -0.15) is 4.31 Å². The lowest BCUT2D eigenvalue weighted by molar-refractivity contribution is -0.0952. The molecule has 3 aliphatic rings. The monoisotopic (exact) mass is 397 g/mol. The van der Waals surface area contributed by atoms with Crippen molar-refractivity contribution in [3.8, 4) is 0 Å². The summed E-state index contributed by atoms with van der Waals surface area (Å²) in [7, 11) is -3.36. The number of nitrogens with one attached hydrogen (secondary N) is 1. The number of morpholine rings is 1. The number of nitrogens with zero attached hydrogens (tertiary/aromatic N) is 2. The van der Waals surface area contributed by atoms with Crippen LogP contribution in [0.1, 0.15) is 18.9 Å². The molecule has 0 saturated carbocycles. The molecule has 3 fully saturated rings. The third kappa shape index (κ3) is 3.21. The van der Waals surface area contributed by atoms with Crippen LogP contribution in [0.5, 0.6) is 0 Å². The second kappa shape index (κ2) is 6.72. The summed E-state index contributed by atoms with van der Waals surface area (Å²) in [5, 5.41) is 2.32. The number of fused-ring (bicyclic) bond motifs is 1. The number of urea groups is 1. The molecule has 3 atom stereocenters. The third-order valence-electron chi connectivity index (χ3n) is 5.75. The summed E-state index contributed by atoms with van der Waals surface area (Å²) in [5.41, 5.74) is 0.129. The average molecular weight is 397 g/mol. The number of likely N-dealkylation sites (N-methyl/N-ethyl adjacent to an activating group) is 1. The number of ether oxygens (including phenoxy) is 1. The fourth-order valence-electron chi connectivity index (χ4n) is 4.47. The molecule has 3 aliphatic heterocycles. The van der Waals surface area contributed by atoms with E-state index >= 15 is 0 Å². The summed E-state index contributed by atoms with van der Waals surface area (Å²) in [6.07, 6.45) is 0.810. The molecule has 9 heteroatoms. The normalized spacial score (nSPS) is 31.7. The zero-order valence-corrected chi connectivity index (χ0v) is 16.0. The van der Waals surface area contributed by atoms with E-state index in [1.807, 2.05) is 6.92 Å². The minimum Gasteiger partial charge on any atom is -0.365 e. The number of sulfonamides is 1. The highest BCUT2D eigenvalue weighted by molar-refractivity contribution is 7.90. The van der Waals surface area contributed by atoms with Crippen LogP contribution in [0.2, 0.25) is 0 Å². The van der Waals surface area contributed by atoms with Crippen molar-refractivity contribution in [2.75, 3.05) is 32.7 Å². The van der Waals surface area contributed by atoms with Gasteiger partial charge >= 0.3 is 6.03 Å². The molecule has 2 bridgehead atoms. The predicted octanol–water partition coefficient (Wildman–Crippen LogP) is 0.955. The van der Waals surface area contributed by atoms with E-state index in [4.69, 9.17) is 4.74 Å². The van der Waals surface area contributed by atoms with Crippen LogP contribution in [-0.4, -0.2) is 73.3 Å². The van der Waals surface area contributed by atoms with Gasteiger partial charge in [0, 0.05) is 26.2 Å². The highest BCUT2D eigenvalue weighted by Crippen LogP contribution is 2.46. The maximum Gasteiger partial charge on any atom is 0.317 e. The van der Waals surface area contributed by atoms with Gasteiger partial charge in [-0.15, -0.1) is 0 Å². The first-order valence-corrected chi connectivity index (χ1v) is 10.8. The van der Waals surface area contributed by atoms with Crippen LogP contribution in [0.3, 0.4) is 0 Å². The minimum absolute atomic E-state index is 0.210. The number of likely N-dealkylation sites (tertiary alicyclic amines) is 1. The van der Waals surface area contributed by atoms with Crippen LogP contribution < -0.4 is 5.32 Å². The number of rotatable bonds is 4. The number of amides is 2. The maximum absolute atomic E-state index is 12.9. The number of hydrogen-bond acceptors (Lipinski definition) is 4. The third-order valence-corrected chi connectivity index (χ3v) is 8.20. The molecular formula is C18H24FN3O4S. The molecule has 0 aliphatic carbocycles. The first kappa shape index (κ1) is 18.6. The molecule has 2 amide bonds. The van der Waals surface area contributed by atoms with Crippen LogP contribution in [0.25, 0.3) is 0 Å². The Kier molecular flexibility index (Phi) is 4.64. The standard InChI is InChI=1S/C18H24FN3O4S/c1-2-22-12-18-11-21(10-15(26-18)9-16(18)27(22,24)25)17(23)20-8-7-13-3-5-14(19)6-4-13/h3-6,15-16H,2,7-12H2,1H3,(H,20,23)/t15-,16+,18+/m1/s1. The van der Waals surface area contributed by atoms with Gasteiger partial charge in [0.25, 0.3) is 0 Å². The van der Waals surface area contributed by atoms with Gasteiger partial charge in [0.05, 0.1) is 12.6 Å². The Morgan fingerprint density at radius 1 is 1.33 bits per heavy atom. The van der Waals surface area contributed by atoms with E-state index in [2.05, 4.69) is 5.32 Å². The van der Waals surface area contributed by atoms with E-state index in [0.717, 1.165) is 5.56 Å². The Bertz CT molecular complexity index is 832. The Morgan fingerprint density at radius 3 is 2.78 bits per heavy atom. The molecule has 27 heavy (non-hydrogen) atoms. The number of carbonyl (C=O) groups is 1. The van der Waals surface area contributed by atoms with Gasteiger partial charge in [-0.1, -0.05) is 19.1 Å². The van der Waals surface area contributed by atoms with Gasteiger partial charge in [-0.05, 0) is 30.5 Å². The van der Waals surface area contributed by atoms with Crippen molar-refractivity contribution in [2.24, 2.45) is 0 Å². The lowest BCUT2D eigenvalue weighted by atomic mass is 9.99. The number of hydrogen-bond donors (Lipinski definition) is 1. The van der Waals surface area contributed by atoms with Crippen LogP contribution in [-0.2, 0) is 21.2 Å². The Morgan fingerprint density at radius 2 is 2.07 bits per heavy atom. The van der Waals surface area contributed by atoms with Crippen molar-refractivity contribution in [1.29, 1.82) is 0 Å². The van der Waals surface area contributed by atoms with E-state index in [1.165, 1.54) is 16.4 Å². The molecule has 3 heterocycles. The molecular weight excluding hydrogens is 373 g/mol. The smallest absolute Gasteiger partial charge is 0.317 e. The molecule has 1 aromatic rings. The van der Waals surface area contributed by atoms with Crippen LogP contribution in [0.4, 0.5) is 9.18 Å². The number of halogens is 1. The van der Waals surface area contributed by atoms with Gasteiger partial charge in [-0.3, -0.25) is 0 Å². The Hall–Kier alpha value is -1.71. The van der Waals surface area contributed by atoms with Crippen LogP contribution in [0.15, 0.2) is 24.3 Å². The fourth-order valence-corrected chi connectivity index (χ4v) is 6.79. The van der Waals surface area contributed by atoms with E-state index in [1.54, 1.807) is 17.0 Å². The zero-order valence-electron chi connectivity index (χ0n) is 15.2. The first-order valence-electron chi connectivity index (χ1n) is 9.28. The molecule has 7 nitrogen and oxygen atoms in total. The van der Waals surface area contributed by atoms with Crippen molar-refractivity contribution in [3.63, 3.8) is 0 Å². The summed E-state index contributed by atoms with van der Waals surface area (Å²) in [6, 6.07) is 5.98. The molecule has 1 spiro atoms. The predicted molar refractivity (Wildman–Crippen MR) is 97.3 cm³/mol. The van der Waals surface area contributed by atoms with Crippen molar-refractivity contribution in [1.82, 2.24) is 14.5 Å². The number of benzene rings is 1. The van der Waals surface area contributed by atoms with Gasteiger partial charge < -0.3 is 15.0 Å². The molecule has 0 radical (unpaired) electrons. The summed E-state index contributed by atoms with van der Waals surface area (Å²) < 4.78 is 45.8. The van der Waals surface area contributed by atoms with Crippen molar-refractivity contribution < 1.29 is 22.3 Å². The average Bonchev–Trinajstić information content (AvgIpc) is 3.01. The van der Waals surface area contributed by atoms with Crippen molar-refractivity contribution in [2.45, 2.75) is 36.7 Å². The highest BCUT2D eigenvalue weighted by Gasteiger charge is 2.65. The molecule has 1 N–H and O–H groups in total. The van der Waals surface area contributed by atoms with Crippen LogP contribution in [0, 0.1) is 5.82 Å². The lowest BCUT2D eigenvalue weighted by Gasteiger charge is -2.39. The summed E-state index contributed by atoms with van der Waals surface area (Å²) in [6.45, 7) is 3.66. The Balaban J connectivity index is 1.38. The van der Waals surface area contributed by atoms with Crippen LogP contribution >= 0.6 is 0 Å². The van der Waals surface area contributed by atoms with E-state index in [-0.39, 0.29) is 24.5 Å². The van der Waals surface area contributed by atoms with Gasteiger partial charge in [-0.25, -0.2) is 17.6 Å². The second-order valence-corrected chi connectivity index (χ2v) is 9.60. The molecule has 4 rings (SSSR count). The summed E-state index contributed by atoms with van der Waals surface area (Å²) >= 11 is 0. The first-order chi connectivity index (χ1) is 12.8. The molecule has 0 unspecified atom stereocenters. The SMILES string of the molecule is CCN1C[C@@]23CN(C(=O)NCCc4ccc(F)cc4)C[C@@H](C[C@@H]2S1(=O)=O)O3. The Labute approximate surface area is 158 Å². The lowest BCUT2D eigenvalue weighted by Crippen LogP contribution is -2.58. The van der Waals surface area contributed by atoms with Crippen molar-refractivity contribution in [3.05, 3.63) is 35.6 Å². The largest absolute Gasteiger partial charge is 0.365 e. The topological polar surface area (TPSA) is 79.0 Å². The van der Waals surface area contributed by atoms with Crippen molar-refractivity contribution >= 4 is 16.1 Å². The van der Waals surface area contributed by atoms with E-state index in [9.17, 15) is 17.6 Å². The molecule has 1 aromatic carbocycles. The molecule has 148 valence electrons. The summed E-state index contributed by atoms with van der Waals surface area (Å²) in [4.78, 5) is 14.3. The zero-order chi connectivity index (χ0) is 19.2. The van der Waals surface area contributed by atoms with Gasteiger partial charge in [0.15, 0.2) is 0 Å². The van der Waals surface area contributed by atoms with Gasteiger partial charge in [0.2, 0.25) is 10.0 Å². The molecule has 3 saturated heterocycles. The van der Waals surface area contributed by atoms with Gasteiger partial charge in [0.1, 0.15) is 16.7 Å². The second-order valence-electron chi connectivity index (χ2n) is 7.49. The fraction of sp³-hybridized carbons (Fsp3) is 0.611. The van der Waals surface area contributed by atoms with E-state index < -0.39 is 20.9 Å². The van der Waals surface area contributed by atoms with E-state index in [0.29, 0.717) is 39.0 Å². The highest BCUT2D eigenvalue weighted by atomic mass is 32.2. The quantitative estimate of drug-likeness (QED) is 0.821. The minimum atomic E-state index is -3.36. The number of carbonyl (C=O) groups excluding carboxylic acids is 1. The molecule has 0 aromatic heterocycles. The maximum atomic E-state index is 12.9. The summed E-state index contributed by atoms with van der Waals surface area (Å²) in [5.74, 6) is -0.284.